The average Bonchev–Trinajstić information content (AvgIpc) is 2.24. The standard InChI is InChI=1S/C12H22O6S2/c1-7-3-4-9-6-11(19(13,14)15)8(2)12(10(9)5-7)20(16,17)18/h7-12H,3-6H2,1-2H3,(H,13,14,15)(H,16,17,18)/t7?,8-,9?,10?,11?,12?/m1/s1. The predicted molar refractivity (Wildman–Crippen MR) is 74.4 cm³/mol. The van der Waals surface area contributed by atoms with Gasteiger partial charge in [-0.3, -0.25) is 9.11 Å². The van der Waals surface area contributed by atoms with Gasteiger partial charge in [-0.15, -0.1) is 0 Å². The molecular weight excluding hydrogens is 304 g/mol. The summed E-state index contributed by atoms with van der Waals surface area (Å²) in [6, 6.07) is 0. The SMILES string of the molecule is CC1CCC2CC(S(=O)(=O)O)[C@@H](C)C(S(=O)(=O)O)C2C1. The topological polar surface area (TPSA) is 109 Å². The summed E-state index contributed by atoms with van der Waals surface area (Å²) in [6.45, 7) is 3.53. The molecule has 0 radical (unpaired) electrons. The largest absolute Gasteiger partial charge is 0.285 e. The Kier molecular flexibility index (Phi) is 4.23. The number of rotatable bonds is 2. The molecule has 0 saturated heterocycles. The summed E-state index contributed by atoms with van der Waals surface area (Å²) in [5.41, 5.74) is 0. The molecule has 0 aromatic heterocycles. The molecule has 0 spiro atoms. The Morgan fingerprint density at radius 1 is 0.900 bits per heavy atom. The van der Waals surface area contributed by atoms with Crippen molar-refractivity contribution in [1.82, 2.24) is 0 Å². The second-order valence-electron chi connectivity index (χ2n) is 6.47. The zero-order chi connectivity index (χ0) is 15.3. The summed E-state index contributed by atoms with van der Waals surface area (Å²) in [5.74, 6) is -0.718. The molecule has 6 atom stereocenters. The van der Waals surface area contributed by atoms with Gasteiger partial charge in [0.15, 0.2) is 0 Å². The highest BCUT2D eigenvalue weighted by atomic mass is 32.2. The first-order valence-electron chi connectivity index (χ1n) is 6.94. The molecule has 2 aliphatic carbocycles. The quantitative estimate of drug-likeness (QED) is 0.746. The molecule has 2 fully saturated rings. The van der Waals surface area contributed by atoms with E-state index < -0.39 is 36.7 Å². The number of hydrogen-bond donors (Lipinski definition) is 2. The van der Waals surface area contributed by atoms with Crippen molar-refractivity contribution < 1.29 is 25.9 Å². The third kappa shape index (κ3) is 3.03. The molecule has 8 heteroatoms. The molecule has 2 N–H and O–H groups in total. The summed E-state index contributed by atoms with van der Waals surface area (Å²) < 4.78 is 65.2. The molecule has 2 rings (SSSR count). The molecule has 5 unspecified atom stereocenters. The van der Waals surface area contributed by atoms with E-state index in [4.69, 9.17) is 0 Å². The second-order valence-corrected chi connectivity index (χ2v) is 9.68. The Labute approximate surface area is 120 Å². The molecule has 0 aliphatic heterocycles. The van der Waals surface area contributed by atoms with Crippen molar-refractivity contribution in [2.45, 2.75) is 50.0 Å². The first-order valence-corrected chi connectivity index (χ1v) is 9.95. The van der Waals surface area contributed by atoms with Gasteiger partial charge >= 0.3 is 0 Å². The van der Waals surface area contributed by atoms with Gasteiger partial charge in [0.2, 0.25) is 0 Å². The van der Waals surface area contributed by atoms with Crippen molar-refractivity contribution in [2.24, 2.45) is 23.7 Å². The first kappa shape index (κ1) is 16.2. The third-order valence-electron chi connectivity index (χ3n) is 5.10. The molecule has 0 bridgehead atoms. The van der Waals surface area contributed by atoms with Crippen LogP contribution in [0.15, 0.2) is 0 Å². The van der Waals surface area contributed by atoms with Crippen molar-refractivity contribution in [2.75, 3.05) is 0 Å². The Morgan fingerprint density at radius 2 is 1.50 bits per heavy atom. The fourth-order valence-electron chi connectivity index (χ4n) is 4.18. The minimum absolute atomic E-state index is 0.0683. The van der Waals surface area contributed by atoms with Gasteiger partial charge in [0.05, 0.1) is 10.5 Å². The van der Waals surface area contributed by atoms with E-state index in [2.05, 4.69) is 0 Å². The lowest BCUT2D eigenvalue weighted by Gasteiger charge is -2.47. The van der Waals surface area contributed by atoms with Crippen LogP contribution >= 0.6 is 0 Å². The fourth-order valence-corrected chi connectivity index (χ4v) is 6.99. The highest BCUT2D eigenvalue weighted by Gasteiger charge is 2.52. The van der Waals surface area contributed by atoms with Crippen LogP contribution in [-0.4, -0.2) is 36.4 Å². The van der Waals surface area contributed by atoms with E-state index in [1.807, 2.05) is 6.92 Å². The van der Waals surface area contributed by atoms with Crippen LogP contribution in [0.3, 0.4) is 0 Å². The molecule has 118 valence electrons. The number of fused-ring (bicyclic) bond motifs is 1. The van der Waals surface area contributed by atoms with E-state index in [1.54, 1.807) is 0 Å². The second kappa shape index (κ2) is 5.23. The van der Waals surface area contributed by atoms with E-state index in [1.165, 1.54) is 6.92 Å². The van der Waals surface area contributed by atoms with E-state index in [0.717, 1.165) is 12.8 Å². The summed E-state index contributed by atoms with van der Waals surface area (Å²) >= 11 is 0. The maximum absolute atomic E-state index is 11.7. The van der Waals surface area contributed by atoms with Gasteiger partial charge < -0.3 is 0 Å². The lowest BCUT2D eigenvalue weighted by Crippen LogP contribution is -2.53. The Bertz CT molecular complexity index is 567. The third-order valence-corrected chi connectivity index (χ3v) is 7.95. The van der Waals surface area contributed by atoms with Gasteiger partial charge in [-0.25, -0.2) is 0 Å². The molecule has 6 nitrogen and oxygen atoms in total. The van der Waals surface area contributed by atoms with Gasteiger partial charge in [0.1, 0.15) is 0 Å². The molecule has 2 aliphatic rings. The van der Waals surface area contributed by atoms with Crippen molar-refractivity contribution in [3.63, 3.8) is 0 Å². The smallest absolute Gasteiger partial charge is 0.268 e. The predicted octanol–water partition coefficient (Wildman–Crippen LogP) is 1.59. The van der Waals surface area contributed by atoms with Crippen LogP contribution in [0, 0.1) is 23.7 Å². The molecule has 0 amide bonds. The van der Waals surface area contributed by atoms with E-state index in [0.29, 0.717) is 12.3 Å². The molecule has 20 heavy (non-hydrogen) atoms. The normalized spacial score (nSPS) is 43.0. The fraction of sp³-hybridized carbons (Fsp3) is 1.00. The van der Waals surface area contributed by atoms with Crippen LogP contribution in [0.4, 0.5) is 0 Å². The Hall–Kier alpha value is -0.180. The van der Waals surface area contributed by atoms with Crippen LogP contribution in [0.2, 0.25) is 0 Å². The van der Waals surface area contributed by atoms with Crippen LogP contribution in [0.5, 0.6) is 0 Å². The van der Waals surface area contributed by atoms with Crippen LogP contribution in [-0.2, 0) is 20.2 Å². The maximum Gasteiger partial charge on any atom is 0.268 e. The minimum atomic E-state index is -4.34. The monoisotopic (exact) mass is 326 g/mol. The van der Waals surface area contributed by atoms with Gasteiger partial charge in [-0.05, 0) is 42.9 Å². The van der Waals surface area contributed by atoms with E-state index >= 15 is 0 Å². The highest BCUT2D eigenvalue weighted by Crippen LogP contribution is 2.48. The van der Waals surface area contributed by atoms with Gasteiger partial charge in [0, 0.05) is 0 Å². The molecule has 0 heterocycles. The Balaban J connectivity index is 2.42. The Morgan fingerprint density at radius 3 is 2.00 bits per heavy atom. The molecule has 0 aromatic carbocycles. The highest BCUT2D eigenvalue weighted by molar-refractivity contribution is 7.87. The molecular formula is C12H22O6S2. The first-order chi connectivity index (χ1) is 9.01. The van der Waals surface area contributed by atoms with Gasteiger partial charge in [-0.2, -0.15) is 16.8 Å². The minimum Gasteiger partial charge on any atom is -0.285 e. The molecule has 2 saturated carbocycles. The molecule has 0 aromatic rings. The van der Waals surface area contributed by atoms with Crippen molar-refractivity contribution in [3.8, 4) is 0 Å². The lowest BCUT2D eigenvalue weighted by atomic mass is 9.65. The number of hydrogen-bond acceptors (Lipinski definition) is 4. The summed E-state index contributed by atoms with van der Waals surface area (Å²) in [5, 5.41) is -2.21. The van der Waals surface area contributed by atoms with Crippen LogP contribution in [0.25, 0.3) is 0 Å². The van der Waals surface area contributed by atoms with Crippen molar-refractivity contribution in [1.29, 1.82) is 0 Å². The zero-order valence-corrected chi connectivity index (χ0v) is 13.3. The summed E-state index contributed by atoms with van der Waals surface area (Å²) in [4.78, 5) is 0. The maximum atomic E-state index is 11.7. The van der Waals surface area contributed by atoms with Crippen molar-refractivity contribution in [3.05, 3.63) is 0 Å². The zero-order valence-electron chi connectivity index (χ0n) is 11.6. The van der Waals surface area contributed by atoms with E-state index in [-0.39, 0.29) is 18.3 Å². The van der Waals surface area contributed by atoms with Crippen LogP contribution < -0.4 is 0 Å². The lowest BCUT2D eigenvalue weighted by molar-refractivity contribution is 0.109. The average molecular weight is 326 g/mol. The van der Waals surface area contributed by atoms with Crippen molar-refractivity contribution >= 4 is 20.2 Å². The van der Waals surface area contributed by atoms with Crippen LogP contribution in [0.1, 0.15) is 39.5 Å². The van der Waals surface area contributed by atoms with Gasteiger partial charge in [0.25, 0.3) is 20.2 Å². The van der Waals surface area contributed by atoms with Gasteiger partial charge in [-0.1, -0.05) is 20.3 Å². The van der Waals surface area contributed by atoms with E-state index in [9.17, 15) is 25.9 Å². The summed E-state index contributed by atoms with van der Waals surface area (Å²) in [6.07, 6.45) is 2.63. The summed E-state index contributed by atoms with van der Waals surface area (Å²) in [7, 11) is -8.65.